The minimum atomic E-state index is -3.97. The van der Waals surface area contributed by atoms with Gasteiger partial charge in [0, 0.05) is 23.3 Å². The Morgan fingerprint density at radius 1 is 1.38 bits per heavy atom. The highest BCUT2D eigenvalue weighted by Crippen LogP contribution is 2.40. The lowest BCUT2D eigenvalue weighted by Gasteiger charge is -2.49. The average Bonchev–Trinajstić information content (AvgIpc) is 3.19. The molecule has 1 saturated heterocycles. The number of thioether (sulfide) groups is 1. The standard InChI is InChI=1S/C16H21N7O8S3/c17-1-2-34(29,30)22-8(7-5-33-15(18)20-7)11(24)21-9-12(25)23-10(14(26)27)6(3-31-16(19)28)4-32-13(9)23/h5,8-9,13,22H,1-4,17H2,(H2,18,20)(H2,19,28)(H,21,24)(H,26,27)/t8-,9-,13-/m1/s1. The zero-order valence-electron chi connectivity index (χ0n) is 17.3. The zero-order chi connectivity index (χ0) is 25.2. The molecule has 0 aliphatic carbocycles. The molecule has 0 radical (unpaired) electrons. The Bertz CT molecular complexity index is 1150. The minimum absolute atomic E-state index is 0.0255. The van der Waals surface area contributed by atoms with Gasteiger partial charge in [-0.2, -0.15) is 4.72 Å². The number of aliphatic carboxylic acids is 1. The quantitative estimate of drug-likeness (QED) is 0.170. The number of carboxylic acids is 1. The smallest absolute Gasteiger partial charge is 0.404 e. The number of aromatic nitrogens is 1. The lowest BCUT2D eigenvalue weighted by molar-refractivity contribution is -0.151. The van der Waals surface area contributed by atoms with Crippen LogP contribution in [0.2, 0.25) is 0 Å². The van der Waals surface area contributed by atoms with E-state index in [0.717, 1.165) is 28.0 Å². The second-order valence-corrected chi connectivity index (χ2v) is 10.9. The Balaban J connectivity index is 1.80. The number of nitrogen functional groups attached to an aromatic ring is 1. The molecule has 2 aliphatic rings. The lowest BCUT2D eigenvalue weighted by Crippen LogP contribution is -2.71. The molecule has 1 fully saturated rings. The number of fused-ring (bicyclic) bond motifs is 1. The highest BCUT2D eigenvalue weighted by atomic mass is 32.2. The number of nitrogens with one attached hydrogen (secondary N) is 2. The number of carbonyl (C=O) groups is 4. The summed E-state index contributed by atoms with van der Waals surface area (Å²) < 4.78 is 31.3. The number of nitrogens with zero attached hydrogens (tertiary/aromatic N) is 2. The van der Waals surface area contributed by atoms with Crippen molar-refractivity contribution in [3.63, 3.8) is 0 Å². The summed E-state index contributed by atoms with van der Waals surface area (Å²) in [5.41, 5.74) is 15.6. The second kappa shape index (κ2) is 10.1. The first-order chi connectivity index (χ1) is 15.9. The predicted octanol–water partition coefficient (Wildman–Crippen LogP) is -2.52. The largest absolute Gasteiger partial charge is 0.477 e. The van der Waals surface area contributed by atoms with E-state index in [4.69, 9.17) is 17.2 Å². The molecule has 0 bridgehead atoms. The van der Waals surface area contributed by atoms with Crippen molar-refractivity contribution >= 4 is 62.1 Å². The number of primary amides is 1. The van der Waals surface area contributed by atoms with Crippen molar-refractivity contribution in [1.29, 1.82) is 0 Å². The fraction of sp³-hybridized carbons (Fsp3) is 0.438. The SMILES string of the molecule is NCCS(=O)(=O)N[C@@H](C(=O)N[C@@H]1C(=O)N2C(C(=O)O)=C(COC(N)=O)CS[C@H]12)c1csc(N)n1. The van der Waals surface area contributed by atoms with Crippen molar-refractivity contribution < 1.29 is 37.4 Å². The van der Waals surface area contributed by atoms with Crippen molar-refractivity contribution in [3.05, 3.63) is 22.3 Å². The van der Waals surface area contributed by atoms with Crippen LogP contribution >= 0.6 is 23.1 Å². The maximum Gasteiger partial charge on any atom is 0.404 e. The number of carbonyl (C=O) groups excluding carboxylic acids is 3. The van der Waals surface area contributed by atoms with E-state index < -0.39 is 63.7 Å². The average molecular weight is 536 g/mol. The number of β-lactam (4-membered cyclic amide) rings is 1. The molecule has 2 aliphatic heterocycles. The van der Waals surface area contributed by atoms with Gasteiger partial charge in [-0.1, -0.05) is 0 Å². The van der Waals surface area contributed by atoms with Crippen LogP contribution in [0.1, 0.15) is 11.7 Å². The molecular weight excluding hydrogens is 514 g/mol. The van der Waals surface area contributed by atoms with E-state index in [2.05, 4.69) is 19.8 Å². The summed E-state index contributed by atoms with van der Waals surface area (Å²) in [6.45, 7) is -0.600. The third-order valence-corrected chi connectivity index (χ3v) is 8.12. The van der Waals surface area contributed by atoms with Gasteiger partial charge in [-0.15, -0.1) is 23.1 Å². The molecule has 9 N–H and O–H groups in total. The van der Waals surface area contributed by atoms with Gasteiger partial charge >= 0.3 is 12.1 Å². The van der Waals surface area contributed by atoms with E-state index in [1.807, 2.05) is 0 Å². The van der Waals surface area contributed by atoms with Crippen LogP contribution in [0.3, 0.4) is 0 Å². The van der Waals surface area contributed by atoms with Gasteiger partial charge in [-0.25, -0.2) is 23.0 Å². The van der Waals surface area contributed by atoms with Crippen LogP contribution in [-0.4, -0.2) is 83.4 Å². The van der Waals surface area contributed by atoms with Crippen molar-refractivity contribution in [2.24, 2.45) is 11.5 Å². The maximum atomic E-state index is 13.0. The van der Waals surface area contributed by atoms with Gasteiger partial charge < -0.3 is 32.4 Å². The minimum Gasteiger partial charge on any atom is -0.477 e. The monoisotopic (exact) mass is 535 g/mol. The summed E-state index contributed by atoms with van der Waals surface area (Å²) in [6, 6.07) is -2.63. The summed E-state index contributed by atoms with van der Waals surface area (Å²) in [4.78, 5) is 53.3. The number of ether oxygens (including phenoxy) is 1. The highest BCUT2D eigenvalue weighted by molar-refractivity contribution is 8.00. The van der Waals surface area contributed by atoms with Gasteiger partial charge in [0.2, 0.25) is 15.9 Å². The molecule has 34 heavy (non-hydrogen) atoms. The van der Waals surface area contributed by atoms with E-state index in [0.29, 0.717) is 0 Å². The normalized spacial score (nSPS) is 20.9. The summed E-state index contributed by atoms with van der Waals surface area (Å²) >= 11 is 2.12. The van der Waals surface area contributed by atoms with Gasteiger partial charge in [-0.05, 0) is 0 Å². The number of sulfonamides is 1. The maximum absolute atomic E-state index is 13.0. The number of hydrogen-bond acceptors (Lipinski definition) is 12. The Morgan fingerprint density at radius 3 is 2.65 bits per heavy atom. The second-order valence-electron chi connectivity index (χ2n) is 7.03. The summed E-state index contributed by atoms with van der Waals surface area (Å²) in [7, 11) is -3.97. The molecule has 0 spiro atoms. The first kappa shape index (κ1) is 25.7. The van der Waals surface area contributed by atoms with E-state index in [9.17, 15) is 32.7 Å². The number of carboxylic acid groups (broad SMARTS) is 1. The Hall–Kier alpha value is -2.93. The molecule has 18 heteroatoms. The molecule has 3 atom stereocenters. The first-order valence-electron chi connectivity index (χ1n) is 9.48. The van der Waals surface area contributed by atoms with Crippen molar-refractivity contribution in [2.45, 2.75) is 17.5 Å². The van der Waals surface area contributed by atoms with Gasteiger partial charge in [0.05, 0.1) is 11.4 Å². The van der Waals surface area contributed by atoms with Crippen LogP contribution in [0.15, 0.2) is 16.7 Å². The van der Waals surface area contributed by atoms with Crippen LogP contribution in [0.5, 0.6) is 0 Å². The number of thiazole rings is 1. The molecule has 186 valence electrons. The predicted molar refractivity (Wildman–Crippen MR) is 120 cm³/mol. The van der Waals surface area contributed by atoms with E-state index in [-0.39, 0.29) is 34.4 Å². The van der Waals surface area contributed by atoms with Gasteiger partial charge in [-0.3, -0.25) is 14.5 Å². The van der Waals surface area contributed by atoms with Crippen LogP contribution < -0.4 is 27.2 Å². The highest BCUT2D eigenvalue weighted by Gasteiger charge is 2.54. The van der Waals surface area contributed by atoms with E-state index in [1.54, 1.807) is 0 Å². The molecule has 1 aromatic rings. The summed E-state index contributed by atoms with van der Waals surface area (Å²) in [5, 5.41) is 12.7. The van der Waals surface area contributed by atoms with Crippen LogP contribution in [0.25, 0.3) is 0 Å². The van der Waals surface area contributed by atoms with Crippen molar-refractivity contribution in [2.75, 3.05) is 30.4 Å². The molecule has 0 aromatic carbocycles. The number of anilines is 1. The Morgan fingerprint density at radius 2 is 2.09 bits per heavy atom. The topological polar surface area (TPSA) is 250 Å². The molecule has 1 aromatic heterocycles. The number of nitrogens with two attached hydrogens (primary N) is 3. The molecule has 3 heterocycles. The zero-order valence-corrected chi connectivity index (χ0v) is 19.7. The Labute approximate surface area is 201 Å². The van der Waals surface area contributed by atoms with Crippen LogP contribution in [0, 0.1) is 0 Å². The lowest BCUT2D eigenvalue weighted by atomic mass is 10.0. The summed E-state index contributed by atoms with van der Waals surface area (Å²) in [5.74, 6) is -3.40. The van der Waals surface area contributed by atoms with Gasteiger partial charge in [0.1, 0.15) is 29.8 Å². The molecule has 3 rings (SSSR count). The molecular formula is C16H21N7O8S3. The molecule has 3 amide bonds. The number of hydrogen-bond donors (Lipinski definition) is 6. The molecule has 0 unspecified atom stereocenters. The van der Waals surface area contributed by atoms with E-state index in [1.165, 1.54) is 5.38 Å². The van der Waals surface area contributed by atoms with Crippen molar-refractivity contribution in [1.82, 2.24) is 19.9 Å². The van der Waals surface area contributed by atoms with Gasteiger partial charge in [0.15, 0.2) is 5.13 Å². The van der Waals surface area contributed by atoms with Crippen LogP contribution in [0.4, 0.5) is 9.93 Å². The van der Waals surface area contributed by atoms with Crippen LogP contribution in [-0.2, 0) is 29.1 Å². The third kappa shape index (κ3) is 5.41. The fourth-order valence-corrected chi connectivity index (χ4v) is 6.20. The fourth-order valence-electron chi connectivity index (χ4n) is 3.26. The third-order valence-electron chi connectivity index (χ3n) is 4.72. The summed E-state index contributed by atoms with van der Waals surface area (Å²) in [6.07, 6.45) is -1.10. The number of amides is 3. The van der Waals surface area contributed by atoms with E-state index >= 15 is 0 Å². The first-order valence-corrected chi connectivity index (χ1v) is 13.1. The molecule has 0 saturated carbocycles. The molecule has 15 nitrogen and oxygen atoms in total. The van der Waals surface area contributed by atoms with Gasteiger partial charge in [0.25, 0.3) is 5.91 Å². The number of rotatable bonds is 10. The van der Waals surface area contributed by atoms with Crippen molar-refractivity contribution in [3.8, 4) is 0 Å². The Kier molecular flexibility index (Phi) is 7.66.